The Kier molecular flexibility index (Phi) is 5.66. The lowest BCUT2D eigenvalue weighted by Crippen LogP contribution is -2.44. The molecule has 0 aliphatic heterocycles. The molecule has 1 unspecified atom stereocenters. The Labute approximate surface area is 106 Å². The molecule has 0 amide bonds. The van der Waals surface area contributed by atoms with Crippen molar-refractivity contribution in [2.75, 3.05) is 33.2 Å². The number of likely N-dealkylation sites (N-methyl/N-ethyl adjacent to an activating group) is 2. The van der Waals surface area contributed by atoms with E-state index in [-0.39, 0.29) is 5.41 Å². The summed E-state index contributed by atoms with van der Waals surface area (Å²) in [5, 5.41) is 3.33. The first kappa shape index (κ1) is 14.2. The van der Waals surface area contributed by atoms with Gasteiger partial charge >= 0.3 is 0 Å². The highest BCUT2D eigenvalue weighted by Crippen LogP contribution is 2.24. The van der Waals surface area contributed by atoms with Crippen LogP contribution in [-0.4, -0.2) is 38.1 Å². The van der Waals surface area contributed by atoms with Crippen LogP contribution in [0, 0.1) is 0 Å². The average molecular weight is 234 g/mol. The first-order chi connectivity index (χ1) is 8.16. The fraction of sp³-hybridized carbons (Fsp3) is 0.600. The van der Waals surface area contributed by atoms with Gasteiger partial charge in [-0.05, 0) is 25.7 Å². The third-order valence-electron chi connectivity index (χ3n) is 3.50. The van der Waals surface area contributed by atoms with Crippen LogP contribution in [0.15, 0.2) is 30.3 Å². The standard InChI is InChI=1S/C15H26N2/c1-5-17(6-2)13-15(3,12-16-4)14-10-8-7-9-11-14/h7-11,16H,5-6,12-13H2,1-4H3. The zero-order chi connectivity index (χ0) is 12.7. The Morgan fingerprint density at radius 2 is 1.71 bits per heavy atom. The Hall–Kier alpha value is -0.860. The van der Waals surface area contributed by atoms with Gasteiger partial charge < -0.3 is 10.2 Å². The van der Waals surface area contributed by atoms with Gasteiger partial charge in [0, 0.05) is 18.5 Å². The summed E-state index contributed by atoms with van der Waals surface area (Å²) in [6.07, 6.45) is 0. The molecule has 0 saturated carbocycles. The van der Waals surface area contributed by atoms with Gasteiger partial charge in [0.2, 0.25) is 0 Å². The molecule has 0 heterocycles. The molecule has 17 heavy (non-hydrogen) atoms. The summed E-state index contributed by atoms with van der Waals surface area (Å²) in [6.45, 7) is 11.1. The average Bonchev–Trinajstić information content (AvgIpc) is 2.37. The van der Waals surface area contributed by atoms with Crippen LogP contribution in [0.2, 0.25) is 0 Å². The van der Waals surface area contributed by atoms with Crippen molar-refractivity contribution in [2.45, 2.75) is 26.2 Å². The highest BCUT2D eigenvalue weighted by atomic mass is 15.1. The van der Waals surface area contributed by atoms with Crippen molar-refractivity contribution in [3.8, 4) is 0 Å². The predicted octanol–water partition coefficient (Wildman–Crippen LogP) is 2.51. The van der Waals surface area contributed by atoms with Gasteiger partial charge in [-0.25, -0.2) is 0 Å². The summed E-state index contributed by atoms with van der Waals surface area (Å²) >= 11 is 0. The van der Waals surface area contributed by atoms with Gasteiger partial charge in [-0.2, -0.15) is 0 Å². The number of hydrogen-bond donors (Lipinski definition) is 1. The van der Waals surface area contributed by atoms with E-state index in [9.17, 15) is 0 Å². The van der Waals surface area contributed by atoms with Gasteiger partial charge in [0.25, 0.3) is 0 Å². The van der Waals surface area contributed by atoms with Gasteiger partial charge in [-0.15, -0.1) is 0 Å². The maximum absolute atomic E-state index is 3.33. The molecule has 0 aliphatic rings. The largest absolute Gasteiger partial charge is 0.319 e. The minimum absolute atomic E-state index is 0.183. The predicted molar refractivity (Wildman–Crippen MR) is 75.5 cm³/mol. The lowest BCUT2D eigenvalue weighted by Gasteiger charge is -2.35. The Bertz CT molecular complexity index is 306. The van der Waals surface area contributed by atoms with Crippen LogP contribution in [0.25, 0.3) is 0 Å². The lowest BCUT2D eigenvalue weighted by atomic mass is 9.81. The monoisotopic (exact) mass is 234 g/mol. The van der Waals surface area contributed by atoms with Crippen molar-refractivity contribution < 1.29 is 0 Å². The molecule has 2 heteroatoms. The zero-order valence-electron chi connectivity index (χ0n) is 11.7. The molecule has 2 nitrogen and oxygen atoms in total. The second kappa shape index (κ2) is 6.77. The smallest absolute Gasteiger partial charge is 0.0176 e. The van der Waals surface area contributed by atoms with Crippen LogP contribution in [0.5, 0.6) is 0 Å². The minimum Gasteiger partial charge on any atom is -0.319 e. The minimum atomic E-state index is 0.183. The molecule has 1 N–H and O–H groups in total. The second-order valence-corrected chi connectivity index (χ2v) is 4.92. The molecular weight excluding hydrogens is 208 g/mol. The summed E-state index contributed by atoms with van der Waals surface area (Å²) < 4.78 is 0. The number of hydrogen-bond acceptors (Lipinski definition) is 2. The molecule has 0 saturated heterocycles. The van der Waals surface area contributed by atoms with Crippen LogP contribution < -0.4 is 5.32 Å². The Balaban J connectivity index is 2.89. The quantitative estimate of drug-likeness (QED) is 0.780. The maximum Gasteiger partial charge on any atom is 0.0176 e. The topological polar surface area (TPSA) is 15.3 Å². The van der Waals surface area contributed by atoms with E-state index < -0.39 is 0 Å². The summed E-state index contributed by atoms with van der Waals surface area (Å²) in [6, 6.07) is 10.8. The van der Waals surface area contributed by atoms with E-state index in [1.54, 1.807) is 0 Å². The van der Waals surface area contributed by atoms with Crippen LogP contribution in [0.4, 0.5) is 0 Å². The highest BCUT2D eigenvalue weighted by Gasteiger charge is 2.27. The molecule has 1 rings (SSSR count). The Morgan fingerprint density at radius 1 is 1.12 bits per heavy atom. The van der Waals surface area contributed by atoms with Gasteiger partial charge in [0.15, 0.2) is 0 Å². The SMILES string of the molecule is CCN(CC)CC(C)(CNC)c1ccccc1. The van der Waals surface area contributed by atoms with Crippen molar-refractivity contribution in [2.24, 2.45) is 0 Å². The van der Waals surface area contributed by atoms with Gasteiger partial charge in [0.1, 0.15) is 0 Å². The normalized spacial score (nSPS) is 14.9. The summed E-state index contributed by atoms with van der Waals surface area (Å²) in [5.41, 5.74) is 1.60. The van der Waals surface area contributed by atoms with E-state index in [0.29, 0.717) is 0 Å². The third-order valence-corrected chi connectivity index (χ3v) is 3.50. The molecule has 1 aromatic rings. The molecule has 1 aromatic carbocycles. The molecule has 0 radical (unpaired) electrons. The highest BCUT2D eigenvalue weighted by molar-refractivity contribution is 5.25. The number of benzene rings is 1. The lowest BCUT2D eigenvalue weighted by molar-refractivity contribution is 0.231. The van der Waals surface area contributed by atoms with Crippen molar-refractivity contribution >= 4 is 0 Å². The number of rotatable bonds is 7. The zero-order valence-corrected chi connectivity index (χ0v) is 11.7. The number of nitrogens with one attached hydrogen (secondary N) is 1. The molecule has 0 fully saturated rings. The third kappa shape index (κ3) is 3.83. The van der Waals surface area contributed by atoms with Crippen LogP contribution in [0.1, 0.15) is 26.3 Å². The first-order valence-electron chi connectivity index (χ1n) is 6.58. The summed E-state index contributed by atoms with van der Waals surface area (Å²) in [7, 11) is 2.03. The molecule has 0 aliphatic carbocycles. The van der Waals surface area contributed by atoms with E-state index in [1.165, 1.54) is 5.56 Å². The molecule has 0 bridgehead atoms. The maximum atomic E-state index is 3.33. The molecule has 1 atom stereocenters. The number of nitrogens with zero attached hydrogens (tertiary/aromatic N) is 1. The van der Waals surface area contributed by atoms with Gasteiger partial charge in [-0.3, -0.25) is 0 Å². The van der Waals surface area contributed by atoms with E-state index in [4.69, 9.17) is 0 Å². The fourth-order valence-electron chi connectivity index (χ4n) is 2.42. The van der Waals surface area contributed by atoms with E-state index in [1.807, 2.05) is 7.05 Å². The summed E-state index contributed by atoms with van der Waals surface area (Å²) in [4.78, 5) is 2.49. The van der Waals surface area contributed by atoms with E-state index in [0.717, 1.165) is 26.2 Å². The van der Waals surface area contributed by atoms with Gasteiger partial charge in [-0.1, -0.05) is 51.1 Å². The summed E-state index contributed by atoms with van der Waals surface area (Å²) in [5.74, 6) is 0. The Morgan fingerprint density at radius 3 is 2.18 bits per heavy atom. The van der Waals surface area contributed by atoms with Crippen molar-refractivity contribution in [3.63, 3.8) is 0 Å². The van der Waals surface area contributed by atoms with Crippen LogP contribution in [-0.2, 0) is 5.41 Å². The molecule has 0 aromatic heterocycles. The van der Waals surface area contributed by atoms with E-state index in [2.05, 4.69) is 61.3 Å². The van der Waals surface area contributed by atoms with Gasteiger partial charge in [0.05, 0.1) is 0 Å². The van der Waals surface area contributed by atoms with Crippen molar-refractivity contribution in [1.29, 1.82) is 0 Å². The van der Waals surface area contributed by atoms with Crippen molar-refractivity contribution in [3.05, 3.63) is 35.9 Å². The van der Waals surface area contributed by atoms with E-state index >= 15 is 0 Å². The molecular formula is C15H26N2. The van der Waals surface area contributed by atoms with Crippen LogP contribution >= 0.6 is 0 Å². The fourth-order valence-corrected chi connectivity index (χ4v) is 2.42. The second-order valence-electron chi connectivity index (χ2n) is 4.92. The first-order valence-corrected chi connectivity index (χ1v) is 6.58. The molecule has 96 valence electrons. The molecule has 0 spiro atoms. The van der Waals surface area contributed by atoms with Crippen LogP contribution in [0.3, 0.4) is 0 Å². The van der Waals surface area contributed by atoms with Crippen molar-refractivity contribution in [1.82, 2.24) is 10.2 Å².